The molecule has 4 saturated carbocycles. The highest BCUT2D eigenvalue weighted by molar-refractivity contribution is 6.25. The van der Waals surface area contributed by atoms with Crippen molar-refractivity contribution in [1.82, 2.24) is 10.8 Å². The van der Waals surface area contributed by atoms with Crippen LogP contribution >= 0.6 is 46.4 Å². The summed E-state index contributed by atoms with van der Waals surface area (Å²) >= 11 is 25.4. The largest absolute Gasteiger partial charge is 0.481 e. The van der Waals surface area contributed by atoms with E-state index in [-0.39, 0.29) is 53.5 Å². The first-order valence-electron chi connectivity index (χ1n) is 17.3. The lowest BCUT2D eigenvalue weighted by Crippen LogP contribution is -2.51. The van der Waals surface area contributed by atoms with Gasteiger partial charge in [0, 0.05) is 44.9 Å². The summed E-state index contributed by atoms with van der Waals surface area (Å²) in [6.07, 6.45) is 8.63. The predicted molar refractivity (Wildman–Crippen MR) is 182 cm³/mol. The van der Waals surface area contributed by atoms with Crippen molar-refractivity contribution in [2.75, 3.05) is 19.8 Å². The summed E-state index contributed by atoms with van der Waals surface area (Å²) in [4.78, 5) is 53.7. The second kappa shape index (κ2) is 18.7. The van der Waals surface area contributed by atoms with Gasteiger partial charge in [0.2, 0.25) is 5.91 Å². The number of alkyl halides is 4. The fourth-order valence-electron chi connectivity index (χ4n) is 7.40. The Labute approximate surface area is 303 Å². The van der Waals surface area contributed by atoms with E-state index in [4.69, 9.17) is 65.8 Å². The maximum Gasteiger partial charge on any atom is 0.308 e. The van der Waals surface area contributed by atoms with Gasteiger partial charge in [-0.3, -0.25) is 14.4 Å². The lowest BCUT2D eigenvalue weighted by molar-refractivity contribution is -0.342. The Balaban J connectivity index is 1.07. The van der Waals surface area contributed by atoms with Crippen molar-refractivity contribution in [2.24, 2.45) is 29.1 Å². The number of amides is 1. The van der Waals surface area contributed by atoms with Crippen LogP contribution in [-0.4, -0.2) is 93.7 Å². The van der Waals surface area contributed by atoms with Crippen LogP contribution in [0.2, 0.25) is 0 Å². The standard InChI is InChI=1S/C33H52Cl4N2O9/c1-33(2,16-45-20-7-3-18(4-8-20)38-30(40)28-25(36)13-14-26(37)29(28)32(43)44)17-47-48-21-9-5-19(6-10-21)39-46-15-22-23(34)11-12-24(35)27(22)31(41)42/h18-29,39H,3-17H2,1-2H3,(H,38,40)(H,41,42)(H,43,44). The van der Waals surface area contributed by atoms with Crippen molar-refractivity contribution in [3.05, 3.63) is 0 Å². The second-order valence-electron chi connectivity index (χ2n) is 14.9. The highest BCUT2D eigenvalue weighted by atomic mass is 35.5. The fraction of sp³-hybridized carbons (Fsp3) is 0.909. The summed E-state index contributed by atoms with van der Waals surface area (Å²) in [5.41, 5.74) is 2.82. The summed E-state index contributed by atoms with van der Waals surface area (Å²) in [5, 5.41) is 20.4. The molecule has 0 aliphatic heterocycles. The maximum absolute atomic E-state index is 13.0. The number of carboxylic acid groups (broad SMARTS) is 2. The van der Waals surface area contributed by atoms with Crippen LogP contribution < -0.4 is 10.8 Å². The van der Waals surface area contributed by atoms with E-state index >= 15 is 0 Å². The number of carbonyl (C=O) groups excluding carboxylic acids is 1. The van der Waals surface area contributed by atoms with Crippen LogP contribution in [0.15, 0.2) is 0 Å². The molecule has 8 unspecified atom stereocenters. The molecule has 0 radical (unpaired) electrons. The minimum atomic E-state index is -1.08. The number of hydroxylamine groups is 1. The molecule has 11 nitrogen and oxygen atoms in total. The maximum atomic E-state index is 13.0. The average molecular weight is 763 g/mol. The first-order valence-corrected chi connectivity index (χ1v) is 19.1. The number of aliphatic carboxylic acids is 2. The van der Waals surface area contributed by atoms with Gasteiger partial charge in [-0.15, -0.1) is 46.4 Å². The minimum absolute atomic E-state index is 0.0204. The van der Waals surface area contributed by atoms with Crippen LogP contribution in [0.25, 0.3) is 0 Å². The Hall–Kier alpha value is -0.630. The Morgan fingerprint density at radius 2 is 1.19 bits per heavy atom. The van der Waals surface area contributed by atoms with Gasteiger partial charge in [-0.2, -0.15) is 5.48 Å². The Morgan fingerprint density at radius 1 is 0.667 bits per heavy atom. The second-order valence-corrected chi connectivity index (χ2v) is 17.1. The number of hydrogen-bond acceptors (Lipinski definition) is 8. The molecule has 48 heavy (non-hydrogen) atoms. The third kappa shape index (κ3) is 11.4. The smallest absolute Gasteiger partial charge is 0.308 e. The average Bonchev–Trinajstić information content (AvgIpc) is 3.03. The molecule has 0 heterocycles. The highest BCUT2D eigenvalue weighted by Gasteiger charge is 2.47. The molecule has 15 heteroatoms. The number of carboxylic acids is 2. The summed E-state index contributed by atoms with van der Waals surface area (Å²) < 4.78 is 6.23. The molecule has 4 aliphatic rings. The van der Waals surface area contributed by atoms with Gasteiger partial charge in [-0.1, -0.05) is 13.8 Å². The molecular weight excluding hydrogens is 710 g/mol. The van der Waals surface area contributed by atoms with Crippen molar-refractivity contribution in [2.45, 2.75) is 137 Å². The molecule has 4 fully saturated rings. The summed E-state index contributed by atoms with van der Waals surface area (Å²) in [6.45, 7) is 5.20. The predicted octanol–water partition coefficient (Wildman–Crippen LogP) is 5.89. The van der Waals surface area contributed by atoms with Gasteiger partial charge in [0.05, 0.1) is 49.8 Å². The quantitative estimate of drug-likeness (QED) is 0.0904. The molecular formula is C33H52Cl4N2O9. The van der Waals surface area contributed by atoms with Gasteiger partial charge >= 0.3 is 11.9 Å². The number of nitrogens with one attached hydrogen (secondary N) is 2. The third-order valence-corrected chi connectivity index (χ3v) is 12.4. The van der Waals surface area contributed by atoms with Crippen LogP contribution in [0.5, 0.6) is 0 Å². The molecule has 0 aromatic rings. The summed E-state index contributed by atoms with van der Waals surface area (Å²) in [6, 6.07) is 0.0838. The number of halogens is 4. The zero-order valence-corrected chi connectivity index (χ0v) is 30.8. The normalized spacial score (nSPS) is 37.9. The van der Waals surface area contributed by atoms with Gasteiger partial charge in [0.15, 0.2) is 0 Å². The van der Waals surface area contributed by atoms with Crippen LogP contribution in [0.3, 0.4) is 0 Å². The monoisotopic (exact) mass is 760 g/mol. The number of hydrogen-bond donors (Lipinski definition) is 4. The summed E-state index contributed by atoms with van der Waals surface area (Å²) in [5.74, 6) is -5.25. The van der Waals surface area contributed by atoms with Crippen LogP contribution in [-0.2, 0) is 33.7 Å². The van der Waals surface area contributed by atoms with Crippen molar-refractivity contribution < 1.29 is 43.9 Å². The van der Waals surface area contributed by atoms with E-state index in [2.05, 4.69) is 24.6 Å². The van der Waals surface area contributed by atoms with Crippen molar-refractivity contribution in [3.63, 3.8) is 0 Å². The summed E-state index contributed by atoms with van der Waals surface area (Å²) in [7, 11) is 0. The molecule has 4 aliphatic carbocycles. The topological polar surface area (TPSA) is 153 Å². The first-order chi connectivity index (χ1) is 22.8. The minimum Gasteiger partial charge on any atom is -0.481 e. The van der Waals surface area contributed by atoms with Gasteiger partial charge in [-0.25, -0.2) is 9.78 Å². The van der Waals surface area contributed by atoms with Crippen molar-refractivity contribution in [1.29, 1.82) is 0 Å². The fourth-order valence-corrected chi connectivity index (χ4v) is 8.96. The van der Waals surface area contributed by atoms with Gasteiger partial charge in [-0.05, 0) is 77.0 Å². The number of ether oxygens (including phenoxy) is 1. The molecule has 0 bridgehead atoms. The number of carbonyl (C=O) groups is 3. The molecule has 4 rings (SSSR count). The van der Waals surface area contributed by atoms with E-state index in [0.29, 0.717) is 38.9 Å². The molecule has 0 aromatic carbocycles. The Kier molecular flexibility index (Phi) is 15.7. The molecule has 276 valence electrons. The van der Waals surface area contributed by atoms with Gasteiger partial charge < -0.3 is 25.1 Å². The van der Waals surface area contributed by atoms with E-state index in [1.807, 2.05) is 0 Å². The third-order valence-electron chi connectivity index (χ3n) is 10.4. The Morgan fingerprint density at radius 3 is 1.79 bits per heavy atom. The van der Waals surface area contributed by atoms with Crippen LogP contribution in [0.4, 0.5) is 0 Å². The molecule has 0 spiro atoms. The van der Waals surface area contributed by atoms with Gasteiger partial charge in [0.25, 0.3) is 0 Å². The highest BCUT2D eigenvalue weighted by Crippen LogP contribution is 2.39. The zero-order chi connectivity index (χ0) is 35.0. The molecule has 0 aromatic heterocycles. The lowest BCUT2D eigenvalue weighted by Gasteiger charge is -2.37. The van der Waals surface area contributed by atoms with E-state index in [1.165, 1.54) is 0 Å². The van der Waals surface area contributed by atoms with Crippen LogP contribution in [0.1, 0.15) is 90.9 Å². The molecule has 4 N–H and O–H groups in total. The van der Waals surface area contributed by atoms with E-state index in [9.17, 15) is 24.6 Å². The SMILES string of the molecule is CC(C)(COOC1CCC(NOCC2C(Cl)CCC(Cl)C2C(=O)O)CC1)COC1CCC(NC(=O)C2C(Cl)CCC(Cl)C2C(=O)O)CC1. The van der Waals surface area contributed by atoms with E-state index in [1.54, 1.807) is 0 Å². The molecule has 0 saturated heterocycles. The number of rotatable bonds is 15. The first kappa shape index (κ1) is 40.1. The van der Waals surface area contributed by atoms with E-state index < -0.39 is 45.8 Å². The molecule has 1 amide bonds. The van der Waals surface area contributed by atoms with Crippen LogP contribution in [0, 0.1) is 29.1 Å². The molecule has 8 atom stereocenters. The van der Waals surface area contributed by atoms with Crippen molar-refractivity contribution >= 4 is 64.2 Å². The zero-order valence-electron chi connectivity index (χ0n) is 27.8. The van der Waals surface area contributed by atoms with Gasteiger partial charge in [0.1, 0.15) is 0 Å². The van der Waals surface area contributed by atoms with Crippen molar-refractivity contribution in [3.8, 4) is 0 Å². The Bertz CT molecular complexity index is 1060. The lowest BCUT2D eigenvalue weighted by atomic mass is 9.77. The van der Waals surface area contributed by atoms with E-state index in [0.717, 1.165) is 51.4 Å².